The molecular formula is C19H24N2O4. The smallest absolute Gasteiger partial charge is 0.321 e. The summed E-state index contributed by atoms with van der Waals surface area (Å²) in [5.74, 6) is 0.822. The Balaban J connectivity index is 1.72. The summed E-state index contributed by atoms with van der Waals surface area (Å²) < 4.78 is 11.2. The van der Waals surface area contributed by atoms with Crippen LogP contribution < -0.4 is 10.1 Å². The molecular weight excluding hydrogens is 320 g/mol. The zero-order valence-electron chi connectivity index (χ0n) is 14.4. The molecule has 0 heterocycles. The second-order valence-electron chi connectivity index (χ2n) is 5.49. The Morgan fingerprint density at radius 3 is 2.68 bits per heavy atom. The Hall–Kier alpha value is -2.57. The van der Waals surface area contributed by atoms with E-state index in [1.165, 1.54) is 4.90 Å². The number of amides is 2. The van der Waals surface area contributed by atoms with Crippen molar-refractivity contribution < 1.29 is 19.4 Å². The Labute approximate surface area is 148 Å². The zero-order chi connectivity index (χ0) is 17.9. The fourth-order valence-electron chi connectivity index (χ4n) is 2.13. The van der Waals surface area contributed by atoms with Crippen molar-refractivity contribution in [2.45, 2.75) is 6.61 Å². The van der Waals surface area contributed by atoms with E-state index in [0.717, 1.165) is 11.3 Å². The quantitative estimate of drug-likeness (QED) is 0.686. The number of carbonyl (C=O) groups excluding carboxylic acids is 1. The van der Waals surface area contributed by atoms with Crippen LogP contribution in [0.1, 0.15) is 5.56 Å². The molecule has 0 unspecified atom stereocenters. The lowest BCUT2D eigenvalue weighted by Gasteiger charge is -2.17. The number of aliphatic hydroxyl groups is 1. The number of nitrogens with one attached hydrogen (secondary N) is 1. The Morgan fingerprint density at radius 2 is 1.92 bits per heavy atom. The Morgan fingerprint density at radius 1 is 1.12 bits per heavy atom. The second-order valence-corrected chi connectivity index (χ2v) is 5.49. The highest BCUT2D eigenvalue weighted by Gasteiger charge is 2.08. The van der Waals surface area contributed by atoms with Crippen LogP contribution in [0.5, 0.6) is 5.75 Å². The number of rotatable bonds is 9. The van der Waals surface area contributed by atoms with Crippen molar-refractivity contribution in [3.8, 4) is 5.75 Å². The average molecular weight is 344 g/mol. The number of aliphatic hydroxyl groups excluding tert-OH is 1. The molecule has 6 nitrogen and oxygen atoms in total. The van der Waals surface area contributed by atoms with Gasteiger partial charge >= 0.3 is 6.03 Å². The van der Waals surface area contributed by atoms with E-state index in [4.69, 9.17) is 14.6 Å². The van der Waals surface area contributed by atoms with Crippen LogP contribution in [0.25, 0.3) is 0 Å². The van der Waals surface area contributed by atoms with E-state index < -0.39 is 0 Å². The standard InChI is InChI=1S/C19H24N2O4/c1-21(10-11-22)19(23)20-17-7-5-6-16(14-17)15-24-12-13-25-18-8-3-2-4-9-18/h2-9,14,22H,10-13,15H2,1H3,(H,20,23). The molecule has 0 saturated heterocycles. The van der Waals surface area contributed by atoms with Crippen molar-refractivity contribution in [2.24, 2.45) is 0 Å². The average Bonchev–Trinajstić information content (AvgIpc) is 2.63. The molecule has 0 radical (unpaired) electrons. The first-order valence-corrected chi connectivity index (χ1v) is 8.16. The van der Waals surface area contributed by atoms with Gasteiger partial charge < -0.3 is 24.8 Å². The summed E-state index contributed by atoms with van der Waals surface area (Å²) in [5.41, 5.74) is 1.65. The Kier molecular flexibility index (Phi) is 7.75. The third-order valence-electron chi connectivity index (χ3n) is 3.47. The van der Waals surface area contributed by atoms with Crippen LogP contribution in [0, 0.1) is 0 Å². The fraction of sp³-hybridized carbons (Fsp3) is 0.316. The van der Waals surface area contributed by atoms with Crippen LogP contribution in [0.3, 0.4) is 0 Å². The van der Waals surface area contributed by atoms with E-state index in [0.29, 0.717) is 25.5 Å². The molecule has 0 bridgehead atoms. The zero-order valence-corrected chi connectivity index (χ0v) is 14.4. The van der Waals surface area contributed by atoms with Crippen molar-refractivity contribution in [3.05, 3.63) is 60.2 Å². The van der Waals surface area contributed by atoms with Crippen molar-refractivity contribution in [1.82, 2.24) is 4.90 Å². The minimum Gasteiger partial charge on any atom is -0.491 e. The first-order valence-electron chi connectivity index (χ1n) is 8.16. The predicted molar refractivity (Wildman–Crippen MR) is 96.8 cm³/mol. The number of anilines is 1. The summed E-state index contributed by atoms with van der Waals surface area (Å²) in [6.07, 6.45) is 0. The molecule has 134 valence electrons. The lowest BCUT2D eigenvalue weighted by atomic mass is 10.2. The van der Waals surface area contributed by atoms with Gasteiger partial charge in [0.2, 0.25) is 0 Å². The van der Waals surface area contributed by atoms with Gasteiger partial charge in [0, 0.05) is 19.3 Å². The van der Waals surface area contributed by atoms with Crippen molar-refractivity contribution >= 4 is 11.7 Å². The van der Waals surface area contributed by atoms with Crippen LogP contribution in [-0.2, 0) is 11.3 Å². The summed E-state index contributed by atoms with van der Waals surface area (Å²) in [7, 11) is 1.63. The van der Waals surface area contributed by atoms with Gasteiger partial charge in [0.15, 0.2) is 0 Å². The third kappa shape index (κ3) is 6.82. The van der Waals surface area contributed by atoms with Gasteiger partial charge in [-0.05, 0) is 29.8 Å². The highest BCUT2D eigenvalue weighted by Crippen LogP contribution is 2.12. The van der Waals surface area contributed by atoms with E-state index in [9.17, 15) is 4.79 Å². The van der Waals surface area contributed by atoms with Gasteiger partial charge in [0.25, 0.3) is 0 Å². The highest BCUT2D eigenvalue weighted by molar-refractivity contribution is 5.89. The molecule has 0 atom stereocenters. The molecule has 2 aromatic carbocycles. The lowest BCUT2D eigenvalue weighted by molar-refractivity contribution is 0.0889. The fourth-order valence-corrected chi connectivity index (χ4v) is 2.13. The van der Waals surface area contributed by atoms with E-state index in [2.05, 4.69) is 5.32 Å². The molecule has 2 N–H and O–H groups in total. The van der Waals surface area contributed by atoms with Gasteiger partial charge in [0.1, 0.15) is 12.4 Å². The van der Waals surface area contributed by atoms with Gasteiger partial charge in [0.05, 0.1) is 19.8 Å². The van der Waals surface area contributed by atoms with Gasteiger partial charge in [-0.3, -0.25) is 0 Å². The number of ether oxygens (including phenoxy) is 2. The maximum absolute atomic E-state index is 11.9. The van der Waals surface area contributed by atoms with Crippen molar-refractivity contribution in [1.29, 1.82) is 0 Å². The van der Waals surface area contributed by atoms with Gasteiger partial charge in [-0.2, -0.15) is 0 Å². The highest BCUT2D eigenvalue weighted by atomic mass is 16.5. The lowest BCUT2D eigenvalue weighted by Crippen LogP contribution is -2.33. The molecule has 0 aliphatic rings. The first kappa shape index (κ1) is 18.8. The van der Waals surface area contributed by atoms with Crippen molar-refractivity contribution in [2.75, 3.05) is 38.7 Å². The van der Waals surface area contributed by atoms with Crippen molar-refractivity contribution in [3.63, 3.8) is 0 Å². The monoisotopic (exact) mass is 344 g/mol. The van der Waals surface area contributed by atoms with E-state index in [1.807, 2.05) is 54.6 Å². The van der Waals surface area contributed by atoms with Gasteiger partial charge in [-0.15, -0.1) is 0 Å². The van der Waals surface area contributed by atoms with Crippen LogP contribution in [0.4, 0.5) is 10.5 Å². The first-order chi connectivity index (χ1) is 12.2. The number of hydrogen-bond donors (Lipinski definition) is 2. The summed E-state index contributed by atoms with van der Waals surface area (Å²) in [6.45, 7) is 1.62. The molecule has 0 fully saturated rings. The number of benzene rings is 2. The second kappa shape index (κ2) is 10.3. The van der Waals surface area contributed by atoms with Crippen LogP contribution >= 0.6 is 0 Å². The number of para-hydroxylation sites is 1. The van der Waals surface area contributed by atoms with Gasteiger partial charge in [-0.25, -0.2) is 4.79 Å². The molecule has 6 heteroatoms. The predicted octanol–water partition coefficient (Wildman–Crippen LogP) is 2.74. The molecule has 0 aliphatic carbocycles. The van der Waals surface area contributed by atoms with E-state index >= 15 is 0 Å². The SMILES string of the molecule is CN(CCO)C(=O)Nc1cccc(COCCOc2ccccc2)c1. The maximum Gasteiger partial charge on any atom is 0.321 e. The molecule has 0 saturated carbocycles. The Bertz CT molecular complexity index is 649. The van der Waals surface area contributed by atoms with Crippen LogP contribution in [0.2, 0.25) is 0 Å². The number of likely N-dealkylation sites (N-methyl/N-ethyl adjacent to an activating group) is 1. The maximum atomic E-state index is 11.9. The molecule has 2 amide bonds. The summed E-state index contributed by atoms with van der Waals surface area (Å²) in [6, 6.07) is 16.8. The normalized spacial score (nSPS) is 10.3. The van der Waals surface area contributed by atoms with Crippen LogP contribution in [-0.4, -0.2) is 49.5 Å². The van der Waals surface area contributed by atoms with E-state index in [1.54, 1.807) is 7.05 Å². The molecule has 25 heavy (non-hydrogen) atoms. The number of nitrogens with zero attached hydrogens (tertiary/aromatic N) is 1. The summed E-state index contributed by atoms with van der Waals surface area (Å²) in [5, 5.41) is 11.6. The van der Waals surface area contributed by atoms with Gasteiger partial charge in [-0.1, -0.05) is 30.3 Å². The minimum atomic E-state index is -0.261. The molecule has 0 spiro atoms. The minimum absolute atomic E-state index is 0.0666. The summed E-state index contributed by atoms with van der Waals surface area (Å²) in [4.78, 5) is 13.3. The number of carbonyl (C=O) groups is 1. The largest absolute Gasteiger partial charge is 0.491 e. The summed E-state index contributed by atoms with van der Waals surface area (Å²) >= 11 is 0. The number of urea groups is 1. The number of hydrogen-bond acceptors (Lipinski definition) is 4. The van der Waals surface area contributed by atoms with E-state index in [-0.39, 0.29) is 19.2 Å². The molecule has 0 aromatic heterocycles. The molecule has 2 aromatic rings. The molecule has 2 rings (SSSR count). The third-order valence-corrected chi connectivity index (χ3v) is 3.47. The molecule has 0 aliphatic heterocycles. The topological polar surface area (TPSA) is 71.0 Å². The van der Waals surface area contributed by atoms with Crippen LogP contribution in [0.15, 0.2) is 54.6 Å².